The fraction of sp³-hybridized carbons (Fsp3) is 0.867. The Bertz CT molecular complexity index is 393. The van der Waals surface area contributed by atoms with Crippen LogP contribution in [0.15, 0.2) is 0 Å². The lowest BCUT2D eigenvalue weighted by molar-refractivity contribution is -0.157. The molecule has 3 atom stereocenters. The molecule has 1 heterocycles. The van der Waals surface area contributed by atoms with Crippen LogP contribution in [0.5, 0.6) is 0 Å². The fourth-order valence-electron chi connectivity index (χ4n) is 3.49. The monoisotopic (exact) mass is 283 g/mol. The second-order valence-corrected chi connectivity index (χ2v) is 6.65. The molecule has 20 heavy (non-hydrogen) atoms. The Labute approximate surface area is 120 Å². The second kappa shape index (κ2) is 5.72. The van der Waals surface area contributed by atoms with Gasteiger partial charge in [0.05, 0.1) is 30.6 Å². The summed E-state index contributed by atoms with van der Waals surface area (Å²) < 4.78 is 5.43. The zero-order chi connectivity index (χ0) is 14.9. The van der Waals surface area contributed by atoms with Crippen LogP contribution in [0.4, 0.5) is 0 Å². The lowest BCUT2D eigenvalue weighted by Gasteiger charge is -2.43. The van der Waals surface area contributed by atoms with E-state index >= 15 is 0 Å². The number of hydrogen-bond donors (Lipinski definition) is 1. The molecule has 1 N–H and O–H groups in total. The van der Waals surface area contributed by atoms with Crippen LogP contribution in [0.3, 0.4) is 0 Å². The smallest absolute Gasteiger partial charge is 0.307 e. The van der Waals surface area contributed by atoms with Crippen LogP contribution in [0, 0.1) is 17.8 Å². The third-order valence-corrected chi connectivity index (χ3v) is 4.78. The Morgan fingerprint density at radius 3 is 2.50 bits per heavy atom. The SMILES string of the molecule is CCC1CC(C(=O)O)C(C(=O)N2CCOCC2(C)C)C1. The van der Waals surface area contributed by atoms with Gasteiger partial charge in [-0.15, -0.1) is 0 Å². The van der Waals surface area contributed by atoms with E-state index in [0.717, 1.165) is 6.42 Å². The summed E-state index contributed by atoms with van der Waals surface area (Å²) in [6, 6.07) is 0. The topological polar surface area (TPSA) is 66.8 Å². The van der Waals surface area contributed by atoms with Gasteiger partial charge in [0.1, 0.15) is 0 Å². The summed E-state index contributed by atoms with van der Waals surface area (Å²) in [5.41, 5.74) is -0.345. The van der Waals surface area contributed by atoms with E-state index in [9.17, 15) is 14.7 Å². The van der Waals surface area contributed by atoms with E-state index in [2.05, 4.69) is 6.92 Å². The van der Waals surface area contributed by atoms with E-state index in [4.69, 9.17) is 4.74 Å². The van der Waals surface area contributed by atoms with Crippen LogP contribution in [-0.2, 0) is 14.3 Å². The lowest BCUT2D eigenvalue weighted by atomic mass is 9.91. The Hall–Kier alpha value is -1.10. The number of carboxylic acid groups (broad SMARTS) is 1. The molecule has 0 bridgehead atoms. The van der Waals surface area contributed by atoms with Crippen molar-refractivity contribution in [2.45, 2.75) is 45.6 Å². The van der Waals surface area contributed by atoms with Gasteiger partial charge < -0.3 is 14.7 Å². The van der Waals surface area contributed by atoms with Crippen molar-refractivity contribution in [1.82, 2.24) is 4.90 Å². The third-order valence-electron chi connectivity index (χ3n) is 4.78. The Morgan fingerprint density at radius 2 is 1.95 bits per heavy atom. The minimum absolute atomic E-state index is 0.00153. The summed E-state index contributed by atoms with van der Waals surface area (Å²) in [5.74, 6) is -1.36. The number of carbonyl (C=O) groups is 2. The molecule has 2 rings (SSSR count). The van der Waals surface area contributed by atoms with Gasteiger partial charge in [-0.2, -0.15) is 0 Å². The standard InChI is InChI=1S/C15H25NO4/c1-4-10-7-11(12(8-10)14(18)19)13(17)16-5-6-20-9-15(16,2)3/h10-12H,4-9H2,1-3H3,(H,18,19). The summed E-state index contributed by atoms with van der Waals surface area (Å²) in [7, 11) is 0. The van der Waals surface area contributed by atoms with Gasteiger partial charge >= 0.3 is 5.97 Å². The molecule has 0 aromatic rings. The minimum atomic E-state index is -0.828. The Morgan fingerprint density at radius 1 is 1.30 bits per heavy atom. The third kappa shape index (κ3) is 2.82. The Balaban J connectivity index is 2.16. The predicted octanol–water partition coefficient (Wildman–Crippen LogP) is 1.76. The van der Waals surface area contributed by atoms with Crippen molar-refractivity contribution in [2.24, 2.45) is 17.8 Å². The molecule has 1 saturated carbocycles. The van der Waals surface area contributed by atoms with Gasteiger partial charge in [-0.3, -0.25) is 9.59 Å². The first-order chi connectivity index (χ1) is 9.36. The van der Waals surface area contributed by atoms with Crippen LogP contribution in [0.1, 0.15) is 40.0 Å². The molecule has 2 aliphatic rings. The maximum atomic E-state index is 12.8. The van der Waals surface area contributed by atoms with E-state index in [0.29, 0.717) is 38.5 Å². The molecule has 0 aromatic carbocycles. The zero-order valence-corrected chi connectivity index (χ0v) is 12.6. The number of amides is 1. The van der Waals surface area contributed by atoms with E-state index in [-0.39, 0.29) is 17.4 Å². The minimum Gasteiger partial charge on any atom is -0.481 e. The quantitative estimate of drug-likeness (QED) is 0.857. The molecule has 2 fully saturated rings. The Kier molecular flexibility index (Phi) is 4.37. The van der Waals surface area contributed by atoms with Crippen LogP contribution in [-0.4, -0.2) is 47.2 Å². The summed E-state index contributed by atoms with van der Waals surface area (Å²) in [6.07, 6.45) is 2.28. The van der Waals surface area contributed by atoms with Gasteiger partial charge in [-0.05, 0) is 32.6 Å². The zero-order valence-electron chi connectivity index (χ0n) is 12.6. The largest absolute Gasteiger partial charge is 0.481 e. The molecule has 3 unspecified atom stereocenters. The van der Waals surface area contributed by atoms with Crippen LogP contribution < -0.4 is 0 Å². The highest BCUT2D eigenvalue weighted by Gasteiger charge is 2.46. The first-order valence-electron chi connectivity index (χ1n) is 7.49. The number of aliphatic carboxylic acids is 1. The molecule has 114 valence electrons. The molecule has 0 radical (unpaired) electrons. The van der Waals surface area contributed by atoms with Crippen LogP contribution in [0.2, 0.25) is 0 Å². The van der Waals surface area contributed by atoms with Crippen LogP contribution >= 0.6 is 0 Å². The number of ether oxygens (including phenoxy) is 1. The van der Waals surface area contributed by atoms with Gasteiger partial charge in [0.15, 0.2) is 0 Å². The molecule has 0 aromatic heterocycles. The van der Waals surface area contributed by atoms with Gasteiger partial charge in [0.2, 0.25) is 5.91 Å². The molecular formula is C15H25NO4. The van der Waals surface area contributed by atoms with Crippen molar-refractivity contribution in [3.8, 4) is 0 Å². The number of carbonyl (C=O) groups excluding carboxylic acids is 1. The second-order valence-electron chi connectivity index (χ2n) is 6.65. The molecular weight excluding hydrogens is 258 g/mol. The predicted molar refractivity (Wildman–Crippen MR) is 74.2 cm³/mol. The first-order valence-corrected chi connectivity index (χ1v) is 7.49. The highest BCUT2D eigenvalue weighted by atomic mass is 16.5. The van der Waals surface area contributed by atoms with Crippen LogP contribution in [0.25, 0.3) is 0 Å². The van der Waals surface area contributed by atoms with E-state index in [1.165, 1.54) is 0 Å². The summed E-state index contributed by atoms with van der Waals surface area (Å²) in [4.78, 5) is 26.1. The van der Waals surface area contributed by atoms with E-state index in [1.807, 2.05) is 18.7 Å². The number of rotatable bonds is 3. The summed E-state index contributed by atoms with van der Waals surface area (Å²) in [6.45, 7) is 7.63. The number of hydrogen-bond acceptors (Lipinski definition) is 3. The normalized spacial score (nSPS) is 33.1. The molecule has 0 spiro atoms. The highest BCUT2D eigenvalue weighted by Crippen LogP contribution is 2.40. The van der Waals surface area contributed by atoms with E-state index < -0.39 is 11.9 Å². The number of nitrogens with zero attached hydrogens (tertiary/aromatic N) is 1. The highest BCUT2D eigenvalue weighted by molar-refractivity contribution is 5.86. The van der Waals surface area contributed by atoms with Gasteiger partial charge in [0.25, 0.3) is 0 Å². The molecule has 1 amide bonds. The number of morpholine rings is 1. The van der Waals surface area contributed by atoms with Crippen molar-refractivity contribution in [2.75, 3.05) is 19.8 Å². The van der Waals surface area contributed by atoms with Crippen molar-refractivity contribution in [1.29, 1.82) is 0 Å². The molecule has 5 heteroatoms. The molecule has 1 aliphatic carbocycles. The molecule has 5 nitrogen and oxygen atoms in total. The summed E-state index contributed by atoms with van der Waals surface area (Å²) in [5, 5.41) is 9.38. The fourth-order valence-corrected chi connectivity index (χ4v) is 3.49. The molecule has 1 aliphatic heterocycles. The number of carboxylic acids is 1. The van der Waals surface area contributed by atoms with Crippen molar-refractivity contribution < 1.29 is 19.4 Å². The average molecular weight is 283 g/mol. The lowest BCUT2D eigenvalue weighted by Crippen LogP contribution is -2.57. The maximum Gasteiger partial charge on any atom is 0.307 e. The summed E-state index contributed by atoms with van der Waals surface area (Å²) >= 11 is 0. The van der Waals surface area contributed by atoms with Gasteiger partial charge in [-0.25, -0.2) is 0 Å². The van der Waals surface area contributed by atoms with Gasteiger partial charge in [0, 0.05) is 6.54 Å². The van der Waals surface area contributed by atoms with Crippen molar-refractivity contribution in [3.63, 3.8) is 0 Å². The van der Waals surface area contributed by atoms with E-state index in [1.54, 1.807) is 0 Å². The van der Waals surface area contributed by atoms with Gasteiger partial charge in [-0.1, -0.05) is 13.3 Å². The van der Waals surface area contributed by atoms with Crippen molar-refractivity contribution in [3.05, 3.63) is 0 Å². The molecule has 1 saturated heterocycles. The first kappa shape index (κ1) is 15.3. The van der Waals surface area contributed by atoms with Crippen molar-refractivity contribution >= 4 is 11.9 Å². The maximum absolute atomic E-state index is 12.8. The average Bonchev–Trinajstić information content (AvgIpc) is 2.82.